The highest BCUT2D eigenvalue weighted by Crippen LogP contribution is 2.59. The van der Waals surface area contributed by atoms with Crippen molar-refractivity contribution >= 4 is 11.6 Å². The molecule has 0 aromatic carbocycles. The Morgan fingerprint density at radius 2 is 2.12 bits per heavy atom. The molecule has 2 bridgehead atoms. The van der Waals surface area contributed by atoms with E-state index in [1.54, 1.807) is 0 Å². The van der Waals surface area contributed by atoms with Gasteiger partial charge in [-0.3, -0.25) is 0 Å². The maximum Gasteiger partial charge on any atom is 0.0477 e. The molecule has 0 N–H and O–H groups in total. The Balaban J connectivity index is 2.21. The van der Waals surface area contributed by atoms with Gasteiger partial charge in [-0.2, -0.15) is 0 Å². The number of fused-ring (bicyclic) bond motifs is 1. The SMILES string of the molecule is CC1CC2CC1(Cl)C2. The lowest BCUT2D eigenvalue weighted by Crippen LogP contribution is -2.31. The topological polar surface area (TPSA) is 0 Å². The van der Waals surface area contributed by atoms with E-state index >= 15 is 0 Å². The lowest BCUT2D eigenvalue weighted by atomic mass is 9.82. The van der Waals surface area contributed by atoms with E-state index in [4.69, 9.17) is 11.6 Å². The Hall–Kier alpha value is 0.290. The average molecular weight is 131 g/mol. The first-order chi connectivity index (χ1) is 3.71. The Bertz CT molecular complexity index is 111. The molecular formula is C7H11Cl. The second kappa shape index (κ2) is 1.23. The molecule has 3 aliphatic rings. The van der Waals surface area contributed by atoms with Crippen LogP contribution in [-0.4, -0.2) is 4.87 Å². The van der Waals surface area contributed by atoms with E-state index in [0.717, 1.165) is 11.8 Å². The summed E-state index contributed by atoms with van der Waals surface area (Å²) in [4.78, 5) is 0.269. The number of hydrogen-bond donors (Lipinski definition) is 0. The summed E-state index contributed by atoms with van der Waals surface area (Å²) in [5.74, 6) is 1.80. The van der Waals surface area contributed by atoms with Crippen molar-refractivity contribution in [3.8, 4) is 0 Å². The van der Waals surface area contributed by atoms with Crippen molar-refractivity contribution in [3.63, 3.8) is 0 Å². The number of alkyl halides is 1. The molecule has 1 atom stereocenters. The molecule has 3 fully saturated rings. The fourth-order valence-electron chi connectivity index (χ4n) is 2.18. The predicted octanol–water partition coefficient (Wildman–Crippen LogP) is 2.41. The van der Waals surface area contributed by atoms with E-state index in [0.29, 0.717) is 0 Å². The third-order valence-corrected chi connectivity index (χ3v) is 3.51. The summed E-state index contributed by atoms with van der Waals surface area (Å²) < 4.78 is 0. The molecule has 0 radical (unpaired) electrons. The van der Waals surface area contributed by atoms with Crippen LogP contribution in [0.5, 0.6) is 0 Å². The van der Waals surface area contributed by atoms with Crippen molar-refractivity contribution in [1.29, 1.82) is 0 Å². The highest BCUT2D eigenvalue weighted by atomic mass is 35.5. The molecule has 0 heterocycles. The monoisotopic (exact) mass is 130 g/mol. The Kier molecular flexibility index (Phi) is 0.787. The highest BCUT2D eigenvalue weighted by Gasteiger charge is 2.53. The fourth-order valence-corrected chi connectivity index (χ4v) is 2.71. The van der Waals surface area contributed by atoms with Crippen LogP contribution in [0.25, 0.3) is 0 Å². The van der Waals surface area contributed by atoms with E-state index < -0.39 is 0 Å². The first-order valence-corrected chi connectivity index (χ1v) is 3.77. The Labute approximate surface area is 55.2 Å². The van der Waals surface area contributed by atoms with Gasteiger partial charge in [0.05, 0.1) is 0 Å². The zero-order valence-electron chi connectivity index (χ0n) is 5.15. The normalized spacial score (nSPS) is 60.8. The van der Waals surface area contributed by atoms with Crippen LogP contribution in [0.1, 0.15) is 26.2 Å². The lowest BCUT2D eigenvalue weighted by molar-refractivity contribution is 0.314. The molecule has 0 saturated heterocycles. The van der Waals surface area contributed by atoms with Crippen molar-refractivity contribution in [1.82, 2.24) is 0 Å². The summed E-state index contributed by atoms with van der Waals surface area (Å²) in [5, 5.41) is 0. The summed E-state index contributed by atoms with van der Waals surface area (Å²) in [7, 11) is 0. The van der Waals surface area contributed by atoms with Crippen LogP contribution in [0.4, 0.5) is 0 Å². The number of rotatable bonds is 0. The molecule has 0 amide bonds. The second-order valence-corrected chi connectivity index (χ2v) is 4.20. The molecule has 3 aliphatic carbocycles. The zero-order valence-corrected chi connectivity index (χ0v) is 5.91. The van der Waals surface area contributed by atoms with E-state index in [-0.39, 0.29) is 4.87 Å². The van der Waals surface area contributed by atoms with Gasteiger partial charge in [0.25, 0.3) is 0 Å². The van der Waals surface area contributed by atoms with Gasteiger partial charge in [-0.15, -0.1) is 11.6 Å². The first kappa shape index (κ1) is 5.10. The van der Waals surface area contributed by atoms with Gasteiger partial charge in [-0.05, 0) is 31.1 Å². The third kappa shape index (κ3) is 0.428. The van der Waals surface area contributed by atoms with E-state index in [1.807, 2.05) is 0 Å². The van der Waals surface area contributed by atoms with E-state index in [1.165, 1.54) is 19.3 Å². The maximum absolute atomic E-state index is 6.18. The summed E-state index contributed by atoms with van der Waals surface area (Å²) in [6.45, 7) is 2.28. The molecule has 0 aromatic heterocycles. The van der Waals surface area contributed by atoms with Gasteiger partial charge in [0.15, 0.2) is 0 Å². The van der Waals surface area contributed by atoms with E-state index in [9.17, 15) is 0 Å². The van der Waals surface area contributed by atoms with Crippen LogP contribution in [0.2, 0.25) is 0 Å². The Morgan fingerprint density at radius 1 is 1.50 bits per heavy atom. The molecule has 8 heavy (non-hydrogen) atoms. The van der Waals surface area contributed by atoms with Gasteiger partial charge < -0.3 is 0 Å². The molecule has 0 nitrogen and oxygen atoms in total. The minimum absolute atomic E-state index is 0.269. The minimum atomic E-state index is 0.269. The van der Waals surface area contributed by atoms with E-state index in [2.05, 4.69) is 6.92 Å². The standard InChI is InChI=1S/C7H11Cl/c1-5-2-6-3-7(5,8)4-6/h5-6H,2-4H2,1H3. The van der Waals surface area contributed by atoms with Crippen LogP contribution >= 0.6 is 11.6 Å². The summed E-state index contributed by atoms with van der Waals surface area (Å²) >= 11 is 6.18. The van der Waals surface area contributed by atoms with Crippen molar-refractivity contribution in [2.24, 2.45) is 11.8 Å². The maximum atomic E-state index is 6.18. The first-order valence-electron chi connectivity index (χ1n) is 3.40. The zero-order chi connectivity index (χ0) is 5.78. The van der Waals surface area contributed by atoms with Crippen LogP contribution in [0, 0.1) is 11.8 Å². The average Bonchev–Trinajstić information content (AvgIpc) is 1.90. The molecule has 46 valence electrons. The molecule has 1 unspecified atom stereocenters. The molecule has 0 spiro atoms. The van der Waals surface area contributed by atoms with Gasteiger partial charge >= 0.3 is 0 Å². The lowest BCUT2D eigenvalue weighted by Gasteiger charge is -2.33. The summed E-state index contributed by atoms with van der Waals surface area (Å²) in [5.41, 5.74) is 0. The van der Waals surface area contributed by atoms with Gasteiger partial charge in [-0.25, -0.2) is 0 Å². The molecular weight excluding hydrogens is 120 g/mol. The molecule has 1 heteroatoms. The van der Waals surface area contributed by atoms with Crippen LogP contribution in [-0.2, 0) is 0 Å². The quantitative estimate of drug-likeness (QED) is 0.442. The highest BCUT2D eigenvalue weighted by molar-refractivity contribution is 6.25. The van der Waals surface area contributed by atoms with Crippen molar-refractivity contribution in [2.45, 2.75) is 31.1 Å². The van der Waals surface area contributed by atoms with Crippen LogP contribution < -0.4 is 0 Å². The van der Waals surface area contributed by atoms with Crippen molar-refractivity contribution < 1.29 is 0 Å². The predicted molar refractivity (Wildman–Crippen MR) is 35.1 cm³/mol. The molecule has 3 saturated carbocycles. The third-order valence-electron chi connectivity index (χ3n) is 2.83. The fraction of sp³-hybridized carbons (Fsp3) is 1.00. The number of hydrogen-bond acceptors (Lipinski definition) is 0. The number of halogens is 1. The van der Waals surface area contributed by atoms with Gasteiger partial charge in [0, 0.05) is 4.87 Å². The van der Waals surface area contributed by atoms with Crippen molar-refractivity contribution in [2.75, 3.05) is 0 Å². The summed E-state index contributed by atoms with van der Waals surface area (Å²) in [6, 6.07) is 0. The molecule has 0 aromatic rings. The Morgan fingerprint density at radius 3 is 2.25 bits per heavy atom. The van der Waals surface area contributed by atoms with Gasteiger partial charge in [0.1, 0.15) is 0 Å². The van der Waals surface area contributed by atoms with Crippen LogP contribution in [0.15, 0.2) is 0 Å². The summed E-state index contributed by atoms with van der Waals surface area (Å²) in [6.07, 6.45) is 3.99. The van der Waals surface area contributed by atoms with Crippen LogP contribution in [0.3, 0.4) is 0 Å². The largest absolute Gasteiger partial charge is 0.119 e. The molecule has 3 rings (SSSR count). The van der Waals surface area contributed by atoms with Gasteiger partial charge in [-0.1, -0.05) is 6.92 Å². The smallest absolute Gasteiger partial charge is 0.0477 e. The second-order valence-electron chi connectivity index (χ2n) is 3.45. The van der Waals surface area contributed by atoms with Crippen molar-refractivity contribution in [3.05, 3.63) is 0 Å². The minimum Gasteiger partial charge on any atom is -0.119 e. The van der Waals surface area contributed by atoms with Gasteiger partial charge in [0.2, 0.25) is 0 Å². The molecule has 0 aliphatic heterocycles.